The molecule has 0 aliphatic heterocycles. The Morgan fingerprint density at radius 2 is 1.16 bits per heavy atom. The summed E-state index contributed by atoms with van der Waals surface area (Å²) in [5.74, 6) is 0. The van der Waals surface area contributed by atoms with E-state index >= 15 is 0 Å². The summed E-state index contributed by atoms with van der Waals surface area (Å²) in [4.78, 5) is 5.74. The van der Waals surface area contributed by atoms with Gasteiger partial charge in [-0.15, -0.1) is 0 Å². The first-order chi connectivity index (χ1) is 15.2. The summed E-state index contributed by atoms with van der Waals surface area (Å²) >= 11 is -2.36. The summed E-state index contributed by atoms with van der Waals surface area (Å²) in [5, 5.41) is 7.36. The molecule has 0 saturated carbocycles. The number of hydrogen-bond donors (Lipinski definition) is 0. The minimum absolute atomic E-state index is 0.630. The van der Waals surface area contributed by atoms with Crippen molar-refractivity contribution in [3.8, 4) is 0 Å². The van der Waals surface area contributed by atoms with E-state index in [0.717, 1.165) is 19.3 Å². The molecule has 0 unspecified atom stereocenters. The quantitative estimate of drug-likeness (QED) is 0.0430. The van der Waals surface area contributed by atoms with Crippen molar-refractivity contribution in [3.63, 3.8) is 0 Å². The van der Waals surface area contributed by atoms with Crippen molar-refractivity contribution >= 4 is 18.4 Å². The number of hydrogen-bond acceptors (Lipinski definition) is 2. The molecule has 0 bridgehead atoms. The molecule has 0 aromatic rings. The summed E-state index contributed by atoms with van der Waals surface area (Å²) in [6, 6.07) is 0. The van der Waals surface area contributed by atoms with Crippen LogP contribution in [0.15, 0.2) is 19.9 Å². The van der Waals surface area contributed by atoms with Crippen LogP contribution in [0.5, 0.6) is 0 Å². The molecule has 0 aromatic heterocycles. The van der Waals surface area contributed by atoms with E-state index in [4.69, 9.17) is 11.1 Å². The van der Waals surface area contributed by atoms with E-state index in [1.54, 1.807) is 0 Å². The molecule has 0 aliphatic rings. The van der Waals surface area contributed by atoms with E-state index in [1.807, 2.05) is 3.59 Å². The average Bonchev–Trinajstić information content (AvgIpc) is 2.79. The zero-order valence-corrected chi connectivity index (χ0v) is 23.5. The van der Waals surface area contributed by atoms with E-state index in [-0.39, 0.29) is 0 Å². The molecule has 0 rings (SSSR count). The van der Waals surface area contributed by atoms with Gasteiger partial charge in [-0.2, -0.15) is 0 Å². The van der Waals surface area contributed by atoms with E-state index in [1.165, 1.54) is 83.9 Å². The first-order valence-corrected chi connectivity index (χ1v) is 20.4. The van der Waals surface area contributed by atoms with E-state index in [9.17, 15) is 0 Å². The van der Waals surface area contributed by atoms with Gasteiger partial charge in [-0.3, -0.25) is 0 Å². The fraction of sp³-hybridized carbons (Fsp3) is 0.917. The molecule has 0 heterocycles. The van der Waals surface area contributed by atoms with Crippen LogP contribution in [0, 0.1) is 0 Å². The summed E-state index contributed by atoms with van der Waals surface area (Å²) in [5.41, 5.74) is 16.9. The predicted molar refractivity (Wildman–Crippen MR) is 138 cm³/mol. The van der Waals surface area contributed by atoms with Gasteiger partial charge < -0.3 is 0 Å². The number of azide groups is 2. The first kappa shape index (κ1) is 30.2. The summed E-state index contributed by atoms with van der Waals surface area (Å²) in [6.45, 7) is 8.30. The van der Waals surface area contributed by atoms with Crippen molar-refractivity contribution in [2.45, 2.75) is 124 Å². The van der Waals surface area contributed by atoms with Crippen LogP contribution in [-0.2, 0) is 0 Å². The van der Waals surface area contributed by atoms with E-state index in [2.05, 4.69) is 46.9 Å². The van der Waals surface area contributed by atoms with E-state index in [0.29, 0.717) is 13.1 Å². The number of unbranched alkanes of at least 4 members (excludes halogenated alkanes) is 8. The Morgan fingerprint density at radius 1 is 0.677 bits per heavy atom. The zero-order chi connectivity index (χ0) is 23.0. The van der Waals surface area contributed by atoms with Gasteiger partial charge in [0.25, 0.3) is 0 Å². The molecule has 0 amide bonds. The molecule has 31 heavy (non-hydrogen) atoms. The Hall–Kier alpha value is -0.841. The minimum atomic E-state index is -2.36. The number of nitrogens with zero attached hydrogens (tertiary/aromatic N) is 6. The van der Waals surface area contributed by atoms with Crippen LogP contribution in [0.2, 0.25) is 13.3 Å². The SMILES string of the molecule is CCC[CH2][Sn]([CH2]CCC)([CH2]CCC)/[C](=C/CCCCCN=[N+]=[N-])CCCCCN=[N+]=[N-]. The third-order valence-electron chi connectivity index (χ3n) is 6.39. The fourth-order valence-electron chi connectivity index (χ4n) is 4.53. The Morgan fingerprint density at radius 3 is 1.61 bits per heavy atom. The van der Waals surface area contributed by atoms with Gasteiger partial charge in [0.15, 0.2) is 0 Å². The van der Waals surface area contributed by atoms with Crippen LogP contribution in [0.3, 0.4) is 0 Å². The second-order valence-corrected chi connectivity index (χ2v) is 22.3. The fourth-order valence-corrected chi connectivity index (χ4v) is 21.9. The Balaban J connectivity index is 5.31. The van der Waals surface area contributed by atoms with Gasteiger partial charge in [-0.25, -0.2) is 0 Å². The molecule has 0 N–H and O–H groups in total. The molecule has 0 aromatic carbocycles. The molecule has 0 aliphatic carbocycles. The zero-order valence-electron chi connectivity index (χ0n) is 20.7. The Labute approximate surface area is 195 Å². The normalized spacial score (nSPS) is 11.8. The molecule has 0 radical (unpaired) electrons. The molecule has 7 heteroatoms. The van der Waals surface area contributed by atoms with Gasteiger partial charge in [0.05, 0.1) is 0 Å². The van der Waals surface area contributed by atoms with Crippen molar-refractivity contribution in [2.75, 3.05) is 13.1 Å². The third kappa shape index (κ3) is 15.6. The standard InChI is InChI=1S/C12H21N6.3C4H9.Sn/c13-17-15-11-9-7-5-3-1-2-4-6-8-10-12-16-18-14;3*1-3-4-2;/h1H,3-12H2;3*1,3-4H2,2H3;. The Kier molecular flexibility index (Phi) is 21.7. The Bertz CT molecular complexity index is 528. The monoisotopic (exact) mass is 540 g/mol. The molecule has 6 nitrogen and oxygen atoms in total. The predicted octanol–water partition coefficient (Wildman–Crippen LogP) is 10.0. The van der Waals surface area contributed by atoms with Gasteiger partial charge in [-0.05, 0) is 0 Å². The molecule has 0 saturated heterocycles. The second-order valence-electron chi connectivity index (χ2n) is 8.89. The van der Waals surface area contributed by atoms with Crippen molar-refractivity contribution in [1.29, 1.82) is 0 Å². The number of allylic oxidation sites excluding steroid dienone is 2. The van der Waals surface area contributed by atoms with Gasteiger partial charge in [0.1, 0.15) is 0 Å². The molecular formula is C24H48N6Sn. The average molecular weight is 539 g/mol. The maximum atomic E-state index is 8.49. The topological polar surface area (TPSA) is 97.5 Å². The van der Waals surface area contributed by atoms with Gasteiger partial charge in [0.2, 0.25) is 0 Å². The van der Waals surface area contributed by atoms with Crippen LogP contribution < -0.4 is 0 Å². The van der Waals surface area contributed by atoms with Crippen molar-refractivity contribution in [3.05, 3.63) is 30.6 Å². The molecule has 178 valence electrons. The maximum absolute atomic E-state index is 8.49. The second kappa shape index (κ2) is 22.4. The van der Waals surface area contributed by atoms with Crippen LogP contribution in [-0.4, -0.2) is 31.5 Å². The summed E-state index contributed by atoms with van der Waals surface area (Å²) in [7, 11) is 0. The van der Waals surface area contributed by atoms with Gasteiger partial charge in [0, 0.05) is 0 Å². The van der Waals surface area contributed by atoms with Gasteiger partial charge in [-0.1, -0.05) is 0 Å². The van der Waals surface area contributed by atoms with Crippen molar-refractivity contribution in [2.24, 2.45) is 10.2 Å². The van der Waals surface area contributed by atoms with Crippen LogP contribution in [0.25, 0.3) is 20.9 Å². The molecule has 0 atom stereocenters. The molecular weight excluding hydrogens is 491 g/mol. The van der Waals surface area contributed by atoms with Crippen LogP contribution in [0.1, 0.15) is 111 Å². The van der Waals surface area contributed by atoms with Crippen molar-refractivity contribution < 1.29 is 0 Å². The summed E-state index contributed by atoms with van der Waals surface area (Å²) in [6.07, 6.45) is 20.1. The van der Waals surface area contributed by atoms with Gasteiger partial charge >= 0.3 is 196 Å². The van der Waals surface area contributed by atoms with Crippen molar-refractivity contribution in [1.82, 2.24) is 0 Å². The first-order valence-electron chi connectivity index (χ1n) is 12.9. The number of rotatable bonds is 22. The van der Waals surface area contributed by atoms with Crippen LogP contribution in [0.4, 0.5) is 0 Å². The van der Waals surface area contributed by atoms with E-state index < -0.39 is 18.4 Å². The molecule has 0 fully saturated rings. The van der Waals surface area contributed by atoms with Crippen LogP contribution >= 0.6 is 0 Å². The molecule has 0 spiro atoms. The summed E-state index contributed by atoms with van der Waals surface area (Å²) < 4.78 is 6.52. The third-order valence-corrected chi connectivity index (χ3v) is 22.8.